The molecule has 28 heavy (non-hydrogen) atoms. The molecule has 0 saturated carbocycles. The van der Waals surface area contributed by atoms with Crippen LogP contribution in [0.5, 0.6) is 5.75 Å². The number of nitrogens with zero attached hydrogens (tertiary/aromatic N) is 3. The highest BCUT2D eigenvalue weighted by Gasteiger charge is 2.21. The van der Waals surface area contributed by atoms with Crippen LogP contribution < -0.4 is 4.74 Å². The van der Waals surface area contributed by atoms with Crippen molar-refractivity contribution in [1.29, 1.82) is 0 Å². The predicted molar refractivity (Wildman–Crippen MR) is 106 cm³/mol. The SMILES string of the molecule is CCCC(F)Cn1nc(C(=O)Oc2cccc3cccnc23)c2ccccc21. The van der Waals surface area contributed by atoms with Crippen LogP contribution in [0.25, 0.3) is 21.8 Å². The molecule has 0 aliphatic heterocycles. The molecule has 0 spiro atoms. The molecule has 6 heteroatoms. The minimum absolute atomic E-state index is 0.109. The zero-order valence-corrected chi connectivity index (χ0v) is 15.5. The third kappa shape index (κ3) is 3.45. The Morgan fingerprint density at radius 1 is 1.14 bits per heavy atom. The molecule has 5 nitrogen and oxygen atoms in total. The normalized spacial score (nSPS) is 12.4. The van der Waals surface area contributed by atoms with Gasteiger partial charge in [0.05, 0.1) is 12.1 Å². The fraction of sp³-hybridized carbons (Fsp3) is 0.227. The molecule has 1 atom stereocenters. The number of hydrogen-bond donors (Lipinski definition) is 0. The Balaban J connectivity index is 1.69. The third-order valence-corrected chi connectivity index (χ3v) is 4.62. The molecule has 4 aromatic rings. The number of carbonyl (C=O) groups excluding carboxylic acids is 1. The van der Waals surface area contributed by atoms with Crippen LogP contribution in [0.15, 0.2) is 60.8 Å². The number of rotatable bonds is 6. The molecule has 142 valence electrons. The van der Waals surface area contributed by atoms with E-state index in [9.17, 15) is 9.18 Å². The first-order chi connectivity index (χ1) is 13.7. The van der Waals surface area contributed by atoms with E-state index in [1.165, 1.54) is 0 Å². The van der Waals surface area contributed by atoms with Gasteiger partial charge in [0.1, 0.15) is 11.7 Å². The van der Waals surface area contributed by atoms with Crippen molar-refractivity contribution in [2.45, 2.75) is 32.5 Å². The predicted octanol–water partition coefficient (Wildman–Crippen LogP) is 4.94. The quantitative estimate of drug-likeness (QED) is 0.353. The van der Waals surface area contributed by atoms with Crippen LogP contribution in [0.1, 0.15) is 30.3 Å². The Labute approximate surface area is 161 Å². The largest absolute Gasteiger partial charge is 0.419 e. The highest BCUT2D eigenvalue weighted by atomic mass is 19.1. The first-order valence-corrected chi connectivity index (χ1v) is 9.33. The molecular weight excluding hydrogens is 357 g/mol. The standard InChI is InChI=1S/C22H20FN3O2/c1-2-7-16(23)14-26-18-11-4-3-10-17(18)21(25-26)22(27)28-19-12-5-8-15-9-6-13-24-20(15)19/h3-6,8-13,16H,2,7,14H2,1H3. The van der Waals surface area contributed by atoms with Crippen molar-refractivity contribution < 1.29 is 13.9 Å². The van der Waals surface area contributed by atoms with E-state index in [1.807, 2.05) is 49.4 Å². The summed E-state index contributed by atoms with van der Waals surface area (Å²) in [6, 6.07) is 16.4. The van der Waals surface area contributed by atoms with Gasteiger partial charge in [-0.1, -0.05) is 49.7 Å². The summed E-state index contributed by atoms with van der Waals surface area (Å²) < 4.78 is 21.3. The summed E-state index contributed by atoms with van der Waals surface area (Å²) in [4.78, 5) is 17.2. The summed E-state index contributed by atoms with van der Waals surface area (Å²) in [6.07, 6.45) is 1.84. The van der Waals surface area contributed by atoms with E-state index >= 15 is 0 Å². The van der Waals surface area contributed by atoms with Crippen LogP contribution >= 0.6 is 0 Å². The van der Waals surface area contributed by atoms with Gasteiger partial charge in [0.15, 0.2) is 11.4 Å². The maximum absolute atomic E-state index is 14.2. The second-order valence-corrected chi connectivity index (χ2v) is 6.65. The number of para-hydroxylation sites is 2. The zero-order valence-electron chi connectivity index (χ0n) is 15.5. The van der Waals surface area contributed by atoms with Gasteiger partial charge in [-0.25, -0.2) is 9.18 Å². The van der Waals surface area contributed by atoms with Gasteiger partial charge in [-0.15, -0.1) is 0 Å². The lowest BCUT2D eigenvalue weighted by atomic mass is 10.2. The highest BCUT2D eigenvalue weighted by Crippen LogP contribution is 2.26. The summed E-state index contributed by atoms with van der Waals surface area (Å²) in [5.41, 5.74) is 1.49. The second kappa shape index (κ2) is 7.76. The minimum atomic E-state index is -1.01. The number of aromatic nitrogens is 3. The number of alkyl halides is 1. The van der Waals surface area contributed by atoms with Gasteiger partial charge in [0.25, 0.3) is 0 Å². The van der Waals surface area contributed by atoms with Crippen LogP contribution in [0.3, 0.4) is 0 Å². The number of ether oxygens (including phenoxy) is 1. The molecule has 0 aliphatic rings. The highest BCUT2D eigenvalue weighted by molar-refractivity contribution is 6.03. The number of halogens is 1. The number of pyridine rings is 1. The molecule has 0 N–H and O–H groups in total. The summed E-state index contributed by atoms with van der Waals surface area (Å²) in [6.45, 7) is 2.05. The molecule has 2 heterocycles. The summed E-state index contributed by atoms with van der Waals surface area (Å²) in [5, 5.41) is 5.89. The van der Waals surface area contributed by atoms with Gasteiger partial charge in [0, 0.05) is 17.0 Å². The smallest absolute Gasteiger partial charge is 0.364 e. The molecule has 0 bridgehead atoms. The first kappa shape index (κ1) is 18.1. The van der Waals surface area contributed by atoms with Crippen LogP contribution in [-0.2, 0) is 6.54 Å². The van der Waals surface area contributed by atoms with Gasteiger partial charge in [-0.3, -0.25) is 9.67 Å². The fourth-order valence-electron chi connectivity index (χ4n) is 3.32. The van der Waals surface area contributed by atoms with E-state index in [2.05, 4.69) is 10.1 Å². The Morgan fingerprint density at radius 2 is 1.96 bits per heavy atom. The molecule has 2 aromatic heterocycles. The van der Waals surface area contributed by atoms with Gasteiger partial charge < -0.3 is 4.74 Å². The van der Waals surface area contributed by atoms with Crippen molar-refractivity contribution in [1.82, 2.24) is 14.8 Å². The summed E-state index contributed by atoms with van der Waals surface area (Å²) in [7, 11) is 0. The van der Waals surface area contributed by atoms with E-state index in [-0.39, 0.29) is 12.2 Å². The van der Waals surface area contributed by atoms with E-state index in [4.69, 9.17) is 4.74 Å². The van der Waals surface area contributed by atoms with E-state index < -0.39 is 12.1 Å². The molecular formula is C22H20FN3O2. The third-order valence-electron chi connectivity index (χ3n) is 4.62. The van der Waals surface area contributed by atoms with E-state index in [0.29, 0.717) is 28.6 Å². The Morgan fingerprint density at radius 3 is 2.82 bits per heavy atom. The Bertz CT molecular complexity index is 1130. The summed E-state index contributed by atoms with van der Waals surface area (Å²) >= 11 is 0. The first-order valence-electron chi connectivity index (χ1n) is 9.33. The molecule has 0 amide bonds. The number of benzene rings is 2. The average Bonchev–Trinajstić information content (AvgIpc) is 3.07. The van der Waals surface area contributed by atoms with Gasteiger partial charge in [0.2, 0.25) is 0 Å². The van der Waals surface area contributed by atoms with Crippen molar-refractivity contribution in [2.24, 2.45) is 0 Å². The average molecular weight is 377 g/mol. The topological polar surface area (TPSA) is 57.0 Å². The maximum atomic E-state index is 14.2. The lowest BCUT2D eigenvalue weighted by molar-refractivity contribution is 0.0731. The number of carbonyl (C=O) groups is 1. The minimum Gasteiger partial charge on any atom is -0.419 e. The van der Waals surface area contributed by atoms with Crippen molar-refractivity contribution in [3.8, 4) is 5.75 Å². The lowest BCUT2D eigenvalue weighted by Crippen LogP contribution is -2.15. The van der Waals surface area contributed by atoms with Gasteiger partial charge in [-0.2, -0.15) is 5.10 Å². The number of fused-ring (bicyclic) bond motifs is 2. The molecule has 1 unspecified atom stereocenters. The molecule has 0 fully saturated rings. The Kier molecular flexibility index (Phi) is 5.02. The van der Waals surface area contributed by atoms with Crippen molar-refractivity contribution >= 4 is 27.8 Å². The Hall–Kier alpha value is -3.28. The number of esters is 1. The van der Waals surface area contributed by atoms with Crippen LogP contribution in [0.2, 0.25) is 0 Å². The summed E-state index contributed by atoms with van der Waals surface area (Å²) in [5.74, 6) is -0.213. The molecule has 0 aliphatic carbocycles. The fourth-order valence-corrected chi connectivity index (χ4v) is 3.32. The van der Waals surface area contributed by atoms with Gasteiger partial charge >= 0.3 is 5.97 Å². The molecule has 2 aromatic carbocycles. The monoisotopic (exact) mass is 377 g/mol. The van der Waals surface area contributed by atoms with Crippen LogP contribution in [-0.4, -0.2) is 26.9 Å². The maximum Gasteiger partial charge on any atom is 0.364 e. The van der Waals surface area contributed by atoms with Gasteiger partial charge in [-0.05, 0) is 24.6 Å². The lowest BCUT2D eigenvalue weighted by Gasteiger charge is -2.07. The molecule has 0 radical (unpaired) electrons. The molecule has 4 rings (SSSR count). The zero-order chi connectivity index (χ0) is 19.5. The number of hydrogen-bond acceptors (Lipinski definition) is 4. The van der Waals surface area contributed by atoms with Crippen molar-refractivity contribution in [3.05, 3.63) is 66.5 Å². The van der Waals surface area contributed by atoms with E-state index in [1.54, 1.807) is 23.0 Å². The van der Waals surface area contributed by atoms with Crippen molar-refractivity contribution in [3.63, 3.8) is 0 Å². The van der Waals surface area contributed by atoms with Crippen molar-refractivity contribution in [2.75, 3.05) is 0 Å². The second-order valence-electron chi connectivity index (χ2n) is 6.65. The van der Waals surface area contributed by atoms with Crippen LogP contribution in [0.4, 0.5) is 4.39 Å². The van der Waals surface area contributed by atoms with E-state index in [0.717, 1.165) is 11.8 Å². The van der Waals surface area contributed by atoms with Crippen LogP contribution in [0, 0.1) is 0 Å². The molecule has 0 saturated heterocycles.